The minimum Gasteiger partial charge on any atom is -0.506 e. The zero-order chi connectivity index (χ0) is 26.8. The second-order valence-corrected chi connectivity index (χ2v) is 9.75. The Morgan fingerprint density at radius 1 is 1.00 bits per heavy atom. The van der Waals surface area contributed by atoms with Gasteiger partial charge < -0.3 is 25.4 Å². The van der Waals surface area contributed by atoms with E-state index in [1.165, 1.54) is 40.2 Å². The molecule has 3 aromatic carbocycles. The Morgan fingerprint density at radius 3 is 2.34 bits per heavy atom. The Kier molecular flexibility index (Phi) is 7.11. The number of methoxy groups -OCH3 is 1. The van der Waals surface area contributed by atoms with Gasteiger partial charge in [0.2, 0.25) is 11.8 Å². The minimum atomic E-state index is -0.542. The highest BCUT2D eigenvalue weighted by Gasteiger charge is 2.33. The molecule has 2 aliphatic rings. The van der Waals surface area contributed by atoms with Crippen molar-refractivity contribution in [2.75, 3.05) is 30.4 Å². The molecule has 10 heteroatoms. The molecular weight excluding hydrogens is 508 g/mol. The fraction of sp³-hybridized carbons (Fsp3) is 0.250. The molecule has 196 valence electrons. The summed E-state index contributed by atoms with van der Waals surface area (Å²) in [6.45, 7) is -0.206. The number of anilines is 2. The van der Waals surface area contributed by atoms with Crippen molar-refractivity contribution in [2.45, 2.75) is 25.4 Å². The fourth-order valence-corrected chi connectivity index (χ4v) is 5.21. The summed E-state index contributed by atoms with van der Waals surface area (Å²) in [5, 5.41) is 16.1. The van der Waals surface area contributed by atoms with E-state index in [9.17, 15) is 19.5 Å². The maximum Gasteiger partial charge on any atom is 0.325 e. The number of urea groups is 1. The molecular formula is C28H27ClN4O5. The lowest BCUT2D eigenvalue weighted by Gasteiger charge is -2.36. The van der Waals surface area contributed by atoms with E-state index in [0.717, 1.165) is 18.4 Å². The summed E-state index contributed by atoms with van der Waals surface area (Å²) >= 11 is 6.13. The molecule has 3 aromatic rings. The number of para-hydroxylation sites is 1. The molecule has 1 aliphatic heterocycles. The first kappa shape index (κ1) is 25.4. The van der Waals surface area contributed by atoms with Gasteiger partial charge in [0.1, 0.15) is 24.6 Å². The first-order valence-electron chi connectivity index (χ1n) is 12.2. The van der Waals surface area contributed by atoms with E-state index < -0.39 is 11.9 Å². The monoisotopic (exact) mass is 534 g/mol. The summed E-state index contributed by atoms with van der Waals surface area (Å²) in [6.07, 6.45) is 1.51. The van der Waals surface area contributed by atoms with E-state index in [1.54, 1.807) is 12.1 Å². The smallest absolute Gasteiger partial charge is 0.325 e. The SMILES string of the molecule is COc1cc(O)c(NC(=O)CN2C(=O)N(CC(=O)NC3Cc4ccccc4C3)Cc3ccccc32)cc1Cl. The lowest BCUT2D eigenvalue weighted by molar-refractivity contribution is -0.122. The molecule has 9 nitrogen and oxygen atoms in total. The van der Waals surface area contributed by atoms with Gasteiger partial charge >= 0.3 is 6.03 Å². The number of carbonyl (C=O) groups is 3. The van der Waals surface area contributed by atoms with E-state index in [1.807, 2.05) is 24.3 Å². The van der Waals surface area contributed by atoms with Crippen LogP contribution in [0.3, 0.4) is 0 Å². The second kappa shape index (κ2) is 10.6. The maximum atomic E-state index is 13.4. The predicted octanol–water partition coefficient (Wildman–Crippen LogP) is 3.72. The van der Waals surface area contributed by atoms with Crippen molar-refractivity contribution in [2.24, 2.45) is 0 Å². The van der Waals surface area contributed by atoms with Crippen LogP contribution in [0.4, 0.5) is 16.2 Å². The van der Waals surface area contributed by atoms with E-state index in [2.05, 4.69) is 22.8 Å². The number of hydrogen-bond acceptors (Lipinski definition) is 5. The van der Waals surface area contributed by atoms with Crippen LogP contribution in [-0.2, 0) is 29.0 Å². The van der Waals surface area contributed by atoms with E-state index >= 15 is 0 Å². The number of aromatic hydroxyl groups is 1. The number of phenols is 1. The van der Waals surface area contributed by atoms with Gasteiger partial charge in [-0.05, 0) is 41.7 Å². The van der Waals surface area contributed by atoms with Crippen LogP contribution in [0.5, 0.6) is 11.5 Å². The van der Waals surface area contributed by atoms with Gasteiger partial charge in [-0.25, -0.2) is 4.79 Å². The van der Waals surface area contributed by atoms with Gasteiger partial charge in [0, 0.05) is 12.1 Å². The van der Waals surface area contributed by atoms with Gasteiger partial charge in [0.25, 0.3) is 0 Å². The Hall–Kier alpha value is -4.24. The van der Waals surface area contributed by atoms with E-state index in [-0.39, 0.29) is 53.8 Å². The number of benzene rings is 3. The van der Waals surface area contributed by atoms with Crippen LogP contribution in [0.25, 0.3) is 0 Å². The predicted molar refractivity (Wildman–Crippen MR) is 144 cm³/mol. The molecule has 0 fully saturated rings. The number of ether oxygens (including phenoxy) is 1. The highest BCUT2D eigenvalue weighted by atomic mass is 35.5. The van der Waals surface area contributed by atoms with Crippen molar-refractivity contribution < 1.29 is 24.2 Å². The van der Waals surface area contributed by atoms with Gasteiger partial charge in [0.05, 0.1) is 30.1 Å². The highest BCUT2D eigenvalue weighted by molar-refractivity contribution is 6.32. The third-order valence-corrected chi connectivity index (χ3v) is 7.04. The summed E-state index contributed by atoms with van der Waals surface area (Å²) in [5.74, 6) is -0.757. The van der Waals surface area contributed by atoms with Gasteiger partial charge in [0.15, 0.2) is 0 Å². The molecule has 0 spiro atoms. The molecule has 0 saturated carbocycles. The lowest BCUT2D eigenvalue weighted by Crippen LogP contribution is -2.53. The average Bonchev–Trinajstić information content (AvgIpc) is 3.30. The molecule has 0 bridgehead atoms. The number of fused-ring (bicyclic) bond motifs is 2. The van der Waals surface area contributed by atoms with Crippen molar-refractivity contribution >= 4 is 40.8 Å². The topological polar surface area (TPSA) is 111 Å². The van der Waals surface area contributed by atoms with Crippen LogP contribution in [0.2, 0.25) is 5.02 Å². The molecule has 38 heavy (non-hydrogen) atoms. The van der Waals surface area contributed by atoms with Crippen molar-refractivity contribution in [1.82, 2.24) is 10.2 Å². The van der Waals surface area contributed by atoms with Crippen molar-refractivity contribution in [3.05, 3.63) is 82.4 Å². The number of nitrogens with zero attached hydrogens (tertiary/aromatic N) is 2. The van der Waals surface area contributed by atoms with Crippen LogP contribution in [-0.4, -0.2) is 54.1 Å². The first-order valence-corrected chi connectivity index (χ1v) is 12.6. The number of amides is 4. The molecule has 0 radical (unpaired) electrons. The maximum absolute atomic E-state index is 13.4. The van der Waals surface area contributed by atoms with Crippen LogP contribution in [0, 0.1) is 0 Å². The van der Waals surface area contributed by atoms with Crippen LogP contribution >= 0.6 is 11.6 Å². The number of phenolic OH excluding ortho intramolecular Hbond substituents is 1. The summed E-state index contributed by atoms with van der Waals surface area (Å²) < 4.78 is 5.07. The zero-order valence-corrected chi connectivity index (χ0v) is 21.5. The number of nitrogens with one attached hydrogen (secondary N) is 2. The van der Waals surface area contributed by atoms with E-state index in [0.29, 0.717) is 5.69 Å². The Balaban J connectivity index is 1.27. The molecule has 3 N–H and O–H groups in total. The first-order chi connectivity index (χ1) is 18.3. The van der Waals surface area contributed by atoms with E-state index in [4.69, 9.17) is 16.3 Å². The van der Waals surface area contributed by atoms with Gasteiger partial charge in [-0.3, -0.25) is 14.5 Å². The Bertz CT molecular complexity index is 1390. The number of hydrogen-bond donors (Lipinski definition) is 3. The third-order valence-electron chi connectivity index (χ3n) is 6.74. The van der Waals surface area contributed by atoms with Crippen LogP contribution in [0.1, 0.15) is 16.7 Å². The summed E-state index contributed by atoms with van der Waals surface area (Å²) in [4.78, 5) is 42.0. The fourth-order valence-electron chi connectivity index (χ4n) is 4.97. The Labute approximate surface area is 224 Å². The second-order valence-electron chi connectivity index (χ2n) is 9.35. The lowest BCUT2D eigenvalue weighted by atomic mass is 10.1. The molecule has 4 amide bonds. The van der Waals surface area contributed by atoms with Gasteiger partial charge in [-0.1, -0.05) is 54.1 Å². The molecule has 5 rings (SSSR count). The zero-order valence-electron chi connectivity index (χ0n) is 20.7. The normalized spacial score (nSPS) is 14.6. The molecule has 0 aromatic heterocycles. The average molecular weight is 535 g/mol. The van der Waals surface area contributed by atoms with Gasteiger partial charge in [-0.15, -0.1) is 0 Å². The Morgan fingerprint density at radius 2 is 1.66 bits per heavy atom. The third kappa shape index (κ3) is 5.24. The highest BCUT2D eigenvalue weighted by Crippen LogP contribution is 2.35. The van der Waals surface area contributed by atoms with Crippen molar-refractivity contribution in [1.29, 1.82) is 0 Å². The molecule has 1 aliphatic carbocycles. The minimum absolute atomic E-state index is 0.0158. The van der Waals surface area contributed by atoms with Gasteiger partial charge in [-0.2, -0.15) is 0 Å². The quantitative estimate of drug-likeness (QED) is 0.400. The summed E-state index contributed by atoms with van der Waals surface area (Å²) in [6, 6.07) is 17.5. The summed E-state index contributed by atoms with van der Waals surface area (Å²) in [5.41, 5.74) is 3.94. The summed E-state index contributed by atoms with van der Waals surface area (Å²) in [7, 11) is 1.41. The van der Waals surface area contributed by atoms with Crippen LogP contribution < -0.4 is 20.3 Å². The van der Waals surface area contributed by atoms with Crippen molar-refractivity contribution in [3.8, 4) is 11.5 Å². The largest absolute Gasteiger partial charge is 0.506 e. The number of rotatable bonds is 7. The molecule has 0 atom stereocenters. The number of carbonyl (C=O) groups excluding carboxylic acids is 3. The molecule has 1 heterocycles. The standard InChI is InChI=1S/C28H27ClN4O5/c1-38-25-13-24(34)22(12-21(25)29)31-27(36)16-33-23-9-5-4-8-19(23)14-32(28(33)37)15-26(35)30-20-10-17-6-2-3-7-18(17)11-20/h2-9,12-13,20,34H,10-11,14-16H2,1H3,(H,30,35)(H,31,36). The van der Waals surface area contributed by atoms with Crippen LogP contribution in [0.15, 0.2) is 60.7 Å². The molecule has 0 unspecified atom stereocenters. The van der Waals surface area contributed by atoms with Crippen molar-refractivity contribution in [3.63, 3.8) is 0 Å². The molecule has 0 saturated heterocycles. The number of halogens is 1.